The number of benzene rings is 2. The van der Waals surface area contributed by atoms with Crippen molar-refractivity contribution >= 4 is 11.6 Å². The minimum atomic E-state index is -0.291. The quantitative estimate of drug-likeness (QED) is 0.890. The van der Waals surface area contributed by atoms with Crippen LogP contribution in [0.4, 0.5) is 10.1 Å². The summed E-state index contributed by atoms with van der Waals surface area (Å²) in [5, 5.41) is 2.83. The Morgan fingerprint density at radius 1 is 1.05 bits per heavy atom. The first-order valence-corrected chi connectivity index (χ1v) is 7.08. The van der Waals surface area contributed by atoms with Crippen molar-refractivity contribution in [2.45, 2.75) is 33.6 Å². The van der Waals surface area contributed by atoms with Gasteiger partial charge >= 0.3 is 0 Å². The maximum absolute atomic E-state index is 13.0. The lowest BCUT2D eigenvalue weighted by molar-refractivity contribution is -0.116. The molecule has 0 unspecified atom stereocenters. The summed E-state index contributed by atoms with van der Waals surface area (Å²) in [5.74, 6) is -0.342. The molecule has 0 aliphatic heterocycles. The standard InChI is InChI=1S/C18H20FNO/c1-12-4-5-15(13(2)10-12)6-9-18(21)20-17-8-7-16(19)11-14(17)3/h4-5,7-8,10-11H,6,9H2,1-3H3,(H,20,21). The highest BCUT2D eigenvalue weighted by atomic mass is 19.1. The van der Waals surface area contributed by atoms with Crippen LogP contribution in [0.25, 0.3) is 0 Å². The van der Waals surface area contributed by atoms with Gasteiger partial charge < -0.3 is 5.32 Å². The fraction of sp³-hybridized carbons (Fsp3) is 0.278. The van der Waals surface area contributed by atoms with Crippen molar-refractivity contribution in [1.29, 1.82) is 0 Å². The largest absolute Gasteiger partial charge is 0.326 e. The van der Waals surface area contributed by atoms with E-state index in [0.717, 1.165) is 5.56 Å². The lowest BCUT2D eigenvalue weighted by atomic mass is 10.0. The van der Waals surface area contributed by atoms with Crippen LogP contribution in [0.2, 0.25) is 0 Å². The lowest BCUT2D eigenvalue weighted by Gasteiger charge is -2.10. The highest BCUT2D eigenvalue weighted by Gasteiger charge is 2.07. The number of anilines is 1. The van der Waals surface area contributed by atoms with E-state index < -0.39 is 0 Å². The van der Waals surface area contributed by atoms with E-state index >= 15 is 0 Å². The second-order valence-corrected chi connectivity index (χ2v) is 5.44. The van der Waals surface area contributed by atoms with Gasteiger partial charge in [-0.3, -0.25) is 4.79 Å². The summed E-state index contributed by atoms with van der Waals surface area (Å²) in [6.07, 6.45) is 1.12. The summed E-state index contributed by atoms with van der Waals surface area (Å²) in [5.41, 5.74) is 5.02. The zero-order valence-corrected chi connectivity index (χ0v) is 12.7. The summed E-state index contributed by atoms with van der Waals surface area (Å²) in [7, 11) is 0. The molecule has 0 atom stereocenters. The summed E-state index contributed by atoms with van der Waals surface area (Å²) in [6, 6.07) is 10.6. The average Bonchev–Trinajstić information content (AvgIpc) is 2.41. The van der Waals surface area contributed by atoms with E-state index in [9.17, 15) is 9.18 Å². The minimum Gasteiger partial charge on any atom is -0.326 e. The molecule has 0 aliphatic rings. The van der Waals surface area contributed by atoms with Crippen LogP contribution in [-0.2, 0) is 11.2 Å². The Hall–Kier alpha value is -2.16. The molecule has 2 aromatic rings. The smallest absolute Gasteiger partial charge is 0.224 e. The van der Waals surface area contributed by atoms with Crippen molar-refractivity contribution in [1.82, 2.24) is 0 Å². The van der Waals surface area contributed by atoms with E-state index in [1.165, 1.54) is 28.8 Å². The van der Waals surface area contributed by atoms with Crippen molar-refractivity contribution in [2.24, 2.45) is 0 Å². The summed E-state index contributed by atoms with van der Waals surface area (Å²) in [4.78, 5) is 12.0. The first-order chi connectivity index (χ1) is 9.95. The van der Waals surface area contributed by atoms with E-state index in [0.29, 0.717) is 18.5 Å². The predicted molar refractivity (Wildman–Crippen MR) is 84.0 cm³/mol. The molecule has 2 rings (SSSR count). The van der Waals surface area contributed by atoms with Gasteiger partial charge in [-0.25, -0.2) is 4.39 Å². The van der Waals surface area contributed by atoms with Crippen LogP contribution < -0.4 is 5.32 Å². The molecule has 2 nitrogen and oxygen atoms in total. The Bertz CT molecular complexity index is 664. The summed E-state index contributed by atoms with van der Waals surface area (Å²) in [6.45, 7) is 5.90. The number of rotatable bonds is 4. The monoisotopic (exact) mass is 285 g/mol. The molecule has 0 bridgehead atoms. The van der Waals surface area contributed by atoms with Gasteiger partial charge in [0.05, 0.1) is 0 Å². The van der Waals surface area contributed by atoms with E-state index in [2.05, 4.69) is 37.4 Å². The van der Waals surface area contributed by atoms with Gasteiger partial charge in [-0.05, 0) is 62.1 Å². The van der Waals surface area contributed by atoms with Gasteiger partial charge in [-0.2, -0.15) is 0 Å². The first kappa shape index (κ1) is 15.2. The van der Waals surface area contributed by atoms with Crippen LogP contribution in [0.5, 0.6) is 0 Å². The van der Waals surface area contributed by atoms with Crippen LogP contribution in [0, 0.1) is 26.6 Å². The molecule has 3 heteroatoms. The maximum Gasteiger partial charge on any atom is 0.224 e. The van der Waals surface area contributed by atoms with Crippen LogP contribution >= 0.6 is 0 Å². The molecule has 0 aromatic heterocycles. The molecule has 0 saturated heterocycles. The Balaban J connectivity index is 1.96. The van der Waals surface area contributed by atoms with Crippen molar-refractivity contribution in [2.75, 3.05) is 5.32 Å². The normalized spacial score (nSPS) is 10.5. The highest BCUT2D eigenvalue weighted by Crippen LogP contribution is 2.17. The number of nitrogens with one attached hydrogen (secondary N) is 1. The van der Waals surface area contributed by atoms with Gasteiger partial charge in [0.25, 0.3) is 0 Å². The van der Waals surface area contributed by atoms with Crippen molar-refractivity contribution in [3.63, 3.8) is 0 Å². The van der Waals surface area contributed by atoms with Gasteiger partial charge in [0.2, 0.25) is 5.91 Å². The molecule has 1 N–H and O–H groups in total. The molecule has 1 amide bonds. The van der Waals surface area contributed by atoms with Crippen molar-refractivity contribution < 1.29 is 9.18 Å². The number of halogens is 1. The zero-order chi connectivity index (χ0) is 15.4. The van der Waals surface area contributed by atoms with Crippen LogP contribution in [-0.4, -0.2) is 5.91 Å². The molecule has 0 radical (unpaired) electrons. The van der Waals surface area contributed by atoms with Crippen LogP contribution in [0.15, 0.2) is 36.4 Å². The van der Waals surface area contributed by atoms with E-state index in [-0.39, 0.29) is 11.7 Å². The van der Waals surface area contributed by atoms with Gasteiger partial charge in [0, 0.05) is 12.1 Å². The topological polar surface area (TPSA) is 29.1 Å². The van der Waals surface area contributed by atoms with Gasteiger partial charge in [-0.1, -0.05) is 23.8 Å². The van der Waals surface area contributed by atoms with Crippen LogP contribution in [0.1, 0.15) is 28.7 Å². The number of carbonyl (C=O) groups is 1. The fourth-order valence-electron chi connectivity index (χ4n) is 2.35. The Labute approximate surface area is 125 Å². The van der Waals surface area contributed by atoms with E-state index in [1.54, 1.807) is 13.0 Å². The molecule has 0 aliphatic carbocycles. The number of hydrogen-bond acceptors (Lipinski definition) is 1. The maximum atomic E-state index is 13.0. The molecule has 2 aromatic carbocycles. The molecule has 0 spiro atoms. The minimum absolute atomic E-state index is 0.0512. The highest BCUT2D eigenvalue weighted by molar-refractivity contribution is 5.91. The van der Waals surface area contributed by atoms with Crippen molar-refractivity contribution in [3.05, 3.63) is 64.5 Å². The van der Waals surface area contributed by atoms with Gasteiger partial charge in [0.15, 0.2) is 0 Å². The summed E-state index contributed by atoms with van der Waals surface area (Å²) < 4.78 is 13.0. The van der Waals surface area contributed by atoms with E-state index in [1.807, 2.05) is 0 Å². The number of amides is 1. The summed E-state index contributed by atoms with van der Waals surface area (Å²) >= 11 is 0. The average molecular weight is 285 g/mol. The Kier molecular flexibility index (Phi) is 4.73. The first-order valence-electron chi connectivity index (χ1n) is 7.08. The molecular weight excluding hydrogens is 265 g/mol. The fourth-order valence-corrected chi connectivity index (χ4v) is 2.35. The van der Waals surface area contributed by atoms with Gasteiger partial charge in [0.1, 0.15) is 5.82 Å². The third kappa shape index (κ3) is 4.15. The molecule has 110 valence electrons. The molecule has 0 saturated carbocycles. The molecule has 21 heavy (non-hydrogen) atoms. The molecular formula is C18H20FNO. The third-order valence-electron chi connectivity index (χ3n) is 3.58. The lowest BCUT2D eigenvalue weighted by Crippen LogP contribution is -2.13. The number of hydrogen-bond donors (Lipinski definition) is 1. The zero-order valence-electron chi connectivity index (χ0n) is 12.7. The predicted octanol–water partition coefficient (Wildman–Crippen LogP) is 4.32. The molecule has 0 fully saturated rings. The van der Waals surface area contributed by atoms with E-state index in [4.69, 9.17) is 0 Å². The second kappa shape index (κ2) is 6.53. The molecule has 0 heterocycles. The number of carbonyl (C=O) groups excluding carboxylic acids is 1. The van der Waals surface area contributed by atoms with Crippen LogP contribution in [0.3, 0.4) is 0 Å². The number of aryl methyl sites for hydroxylation is 4. The SMILES string of the molecule is Cc1ccc(CCC(=O)Nc2ccc(F)cc2C)c(C)c1. The second-order valence-electron chi connectivity index (χ2n) is 5.44. The Morgan fingerprint density at radius 2 is 1.81 bits per heavy atom. The van der Waals surface area contributed by atoms with Crippen molar-refractivity contribution in [3.8, 4) is 0 Å². The Morgan fingerprint density at radius 3 is 2.48 bits per heavy atom. The third-order valence-corrected chi connectivity index (χ3v) is 3.58. The van der Waals surface area contributed by atoms with Gasteiger partial charge in [-0.15, -0.1) is 0 Å².